The van der Waals surface area contributed by atoms with Gasteiger partial charge >= 0.3 is 5.69 Å². The van der Waals surface area contributed by atoms with Crippen LogP contribution in [0.1, 0.15) is 22.3 Å². The Bertz CT molecular complexity index is 565. The quantitative estimate of drug-likeness (QED) is 0.694. The van der Waals surface area contributed by atoms with Crippen molar-refractivity contribution in [3.8, 4) is 0 Å². The van der Waals surface area contributed by atoms with Crippen LogP contribution < -0.4 is 0 Å². The lowest BCUT2D eigenvalue weighted by molar-refractivity contribution is 1.12. The second-order valence-electron chi connectivity index (χ2n) is 4.27. The fourth-order valence-electron chi connectivity index (χ4n) is 2.06. The normalized spacial score (nSPS) is 9.94. The van der Waals surface area contributed by atoms with Gasteiger partial charge in [-0.2, -0.15) is 0 Å². The van der Waals surface area contributed by atoms with E-state index >= 15 is 0 Å². The number of nitrogens with zero attached hydrogens (tertiary/aromatic N) is 2. The van der Waals surface area contributed by atoms with Gasteiger partial charge < -0.3 is 0 Å². The van der Waals surface area contributed by atoms with Crippen LogP contribution in [0.15, 0.2) is 42.5 Å². The summed E-state index contributed by atoms with van der Waals surface area (Å²) in [4.78, 5) is 3.31. The molecule has 0 aliphatic carbocycles. The van der Waals surface area contributed by atoms with Gasteiger partial charge in [0.05, 0.1) is 0 Å². The number of rotatable bonds is 2. The van der Waals surface area contributed by atoms with E-state index in [0.29, 0.717) is 5.69 Å². The van der Waals surface area contributed by atoms with E-state index in [-0.39, 0.29) is 0 Å². The number of hydrogen-bond donors (Lipinski definition) is 0. The monoisotopic (exact) mass is 223 g/mol. The van der Waals surface area contributed by atoms with Crippen LogP contribution in [-0.4, -0.2) is 0 Å². The van der Waals surface area contributed by atoms with E-state index in [4.69, 9.17) is 5.39 Å². The summed E-state index contributed by atoms with van der Waals surface area (Å²) in [5.74, 6) is 0. The highest BCUT2D eigenvalue weighted by Crippen LogP contribution is 2.26. The average molecular weight is 223 g/mol. The maximum Gasteiger partial charge on any atom is 0.388 e. The van der Waals surface area contributed by atoms with E-state index in [1.165, 1.54) is 16.7 Å². The Morgan fingerprint density at radius 1 is 1.00 bits per heavy atom. The predicted molar refractivity (Wildman–Crippen MR) is 69.9 cm³/mol. The summed E-state index contributed by atoms with van der Waals surface area (Å²) in [6, 6.07) is 14.2. The molecule has 0 N–H and O–H groups in total. The highest BCUT2D eigenvalue weighted by Gasteiger charge is 2.15. The molecule has 2 aromatic carbocycles. The van der Waals surface area contributed by atoms with E-state index < -0.39 is 0 Å². The minimum atomic E-state index is 0.654. The van der Waals surface area contributed by atoms with Gasteiger partial charge in [0.1, 0.15) is 0 Å². The third-order valence-electron chi connectivity index (χ3n) is 3.14. The predicted octanol–water partition coefficient (Wildman–Crippen LogP) is 4.38. The summed E-state index contributed by atoms with van der Waals surface area (Å²) in [5, 5.41) is 8.92. The zero-order chi connectivity index (χ0) is 12.3. The summed E-state index contributed by atoms with van der Waals surface area (Å²) in [6.45, 7) is 4.09. The summed E-state index contributed by atoms with van der Waals surface area (Å²) in [5.41, 5.74) is 5.46. The molecule has 0 bridgehead atoms. The molecular formula is C15H15N2+. The second kappa shape index (κ2) is 4.80. The topological polar surface area (TPSA) is 28.1 Å². The van der Waals surface area contributed by atoms with Crippen molar-refractivity contribution in [2.24, 2.45) is 0 Å². The zero-order valence-corrected chi connectivity index (χ0v) is 10.1. The number of diazo groups is 1. The Balaban J connectivity index is 2.43. The molecule has 2 heteroatoms. The van der Waals surface area contributed by atoms with Crippen LogP contribution in [0.25, 0.3) is 4.98 Å². The molecular weight excluding hydrogens is 208 g/mol. The lowest BCUT2D eigenvalue weighted by Gasteiger charge is -2.07. The number of aryl methyl sites for hydroxylation is 1. The second-order valence-corrected chi connectivity index (χ2v) is 4.27. The molecule has 0 spiro atoms. The molecule has 0 unspecified atom stereocenters. The van der Waals surface area contributed by atoms with E-state index in [9.17, 15) is 0 Å². The van der Waals surface area contributed by atoms with Crippen molar-refractivity contribution in [2.45, 2.75) is 20.3 Å². The molecule has 0 aromatic heterocycles. The smallest absolute Gasteiger partial charge is 0.0622 e. The summed E-state index contributed by atoms with van der Waals surface area (Å²) in [7, 11) is 0. The van der Waals surface area contributed by atoms with Gasteiger partial charge in [0.15, 0.2) is 4.98 Å². The molecule has 0 fully saturated rings. The highest BCUT2D eigenvalue weighted by molar-refractivity contribution is 5.57. The Morgan fingerprint density at radius 3 is 2.35 bits per heavy atom. The Kier molecular flexibility index (Phi) is 3.20. The van der Waals surface area contributed by atoms with Crippen LogP contribution in [0.4, 0.5) is 5.69 Å². The maximum absolute atomic E-state index is 8.92. The molecule has 0 saturated carbocycles. The van der Waals surface area contributed by atoms with Gasteiger partial charge in [-0.25, -0.2) is 0 Å². The van der Waals surface area contributed by atoms with Gasteiger partial charge in [0.2, 0.25) is 5.39 Å². The third kappa shape index (κ3) is 2.34. The van der Waals surface area contributed by atoms with E-state index in [1.54, 1.807) is 0 Å². The van der Waals surface area contributed by atoms with E-state index in [2.05, 4.69) is 24.0 Å². The molecule has 17 heavy (non-hydrogen) atoms. The Labute approximate surface area is 102 Å². The molecule has 0 amide bonds. The Hall–Kier alpha value is -2.14. The summed E-state index contributed by atoms with van der Waals surface area (Å²) < 4.78 is 0. The molecule has 0 aliphatic heterocycles. The van der Waals surface area contributed by atoms with Gasteiger partial charge in [0, 0.05) is 11.6 Å². The van der Waals surface area contributed by atoms with Crippen LogP contribution in [0.2, 0.25) is 0 Å². The molecule has 0 heterocycles. The first-order chi connectivity index (χ1) is 8.22. The van der Waals surface area contributed by atoms with Crippen LogP contribution in [0.5, 0.6) is 0 Å². The summed E-state index contributed by atoms with van der Waals surface area (Å²) in [6.07, 6.45) is 0.877. The molecule has 0 atom stereocenters. The third-order valence-corrected chi connectivity index (χ3v) is 3.14. The van der Waals surface area contributed by atoms with Crippen molar-refractivity contribution in [3.05, 3.63) is 69.7 Å². The van der Waals surface area contributed by atoms with Gasteiger partial charge in [-0.3, -0.25) is 0 Å². The largest absolute Gasteiger partial charge is 0.388 e. The molecule has 2 nitrogen and oxygen atoms in total. The highest BCUT2D eigenvalue weighted by atomic mass is 14.8. The number of benzene rings is 2. The molecule has 0 aliphatic rings. The van der Waals surface area contributed by atoms with Crippen LogP contribution in [0, 0.1) is 19.2 Å². The zero-order valence-electron chi connectivity index (χ0n) is 10.1. The van der Waals surface area contributed by atoms with Gasteiger partial charge in [-0.1, -0.05) is 36.4 Å². The van der Waals surface area contributed by atoms with Crippen molar-refractivity contribution in [2.75, 3.05) is 0 Å². The van der Waals surface area contributed by atoms with Gasteiger partial charge in [0.25, 0.3) is 0 Å². The first-order valence-electron chi connectivity index (χ1n) is 5.70. The van der Waals surface area contributed by atoms with Crippen molar-refractivity contribution in [1.82, 2.24) is 0 Å². The van der Waals surface area contributed by atoms with Crippen molar-refractivity contribution in [1.29, 1.82) is 5.39 Å². The molecule has 0 saturated heterocycles. The minimum Gasteiger partial charge on any atom is -0.0622 e. The standard InChI is InChI=1S/C15H15N2/c1-11-8-9-15(17-16)12(2)14(11)10-13-6-4-3-5-7-13/h3-9H,10H2,1-2H3/q+1. The van der Waals surface area contributed by atoms with Crippen molar-refractivity contribution in [3.63, 3.8) is 0 Å². The van der Waals surface area contributed by atoms with Crippen LogP contribution >= 0.6 is 0 Å². The first-order valence-corrected chi connectivity index (χ1v) is 5.70. The van der Waals surface area contributed by atoms with Crippen LogP contribution in [0.3, 0.4) is 0 Å². The van der Waals surface area contributed by atoms with Crippen molar-refractivity contribution >= 4 is 5.69 Å². The van der Waals surface area contributed by atoms with Gasteiger partial charge in [-0.05, 0) is 37.0 Å². The molecule has 2 aromatic rings. The molecule has 2 rings (SSSR count). The molecule has 0 radical (unpaired) electrons. The first kappa shape index (κ1) is 11.3. The van der Waals surface area contributed by atoms with Crippen LogP contribution in [-0.2, 0) is 6.42 Å². The fourth-order valence-corrected chi connectivity index (χ4v) is 2.06. The fraction of sp³-hybridized carbons (Fsp3) is 0.200. The lowest BCUT2D eigenvalue weighted by atomic mass is 9.95. The maximum atomic E-state index is 8.92. The average Bonchev–Trinajstić information content (AvgIpc) is 2.36. The summed E-state index contributed by atoms with van der Waals surface area (Å²) >= 11 is 0. The van der Waals surface area contributed by atoms with E-state index in [1.807, 2.05) is 37.3 Å². The van der Waals surface area contributed by atoms with Crippen molar-refractivity contribution < 1.29 is 0 Å². The SMILES string of the molecule is Cc1ccc([N+]#N)c(C)c1Cc1ccccc1. The minimum absolute atomic E-state index is 0.654. The molecule has 84 valence electrons. The lowest BCUT2D eigenvalue weighted by Crippen LogP contribution is -1.95. The Morgan fingerprint density at radius 2 is 1.71 bits per heavy atom. The van der Waals surface area contributed by atoms with E-state index in [0.717, 1.165) is 12.0 Å². The number of hydrogen-bond acceptors (Lipinski definition) is 1. The van der Waals surface area contributed by atoms with Gasteiger partial charge in [-0.15, -0.1) is 0 Å².